The molecule has 0 bridgehead atoms. The molecule has 1 aromatic rings. The highest BCUT2D eigenvalue weighted by molar-refractivity contribution is 7.84. The molecular formula is C13H17FO3S. The number of hydrogen-bond donors (Lipinski definition) is 1. The largest absolute Gasteiger partial charge is 0.478 e. The van der Waals surface area contributed by atoms with E-state index in [0.717, 1.165) is 6.07 Å². The molecule has 100 valence electrons. The Hall–Kier alpha value is -1.23. The lowest BCUT2D eigenvalue weighted by Crippen LogP contribution is -2.19. The van der Waals surface area contributed by atoms with Crippen molar-refractivity contribution >= 4 is 16.8 Å². The number of benzene rings is 1. The van der Waals surface area contributed by atoms with Gasteiger partial charge in [-0.2, -0.15) is 0 Å². The molecule has 0 aromatic heterocycles. The van der Waals surface area contributed by atoms with Crippen molar-refractivity contribution in [2.45, 2.75) is 31.8 Å². The van der Waals surface area contributed by atoms with Crippen LogP contribution < -0.4 is 0 Å². The minimum atomic E-state index is -1.30. The molecular weight excluding hydrogens is 255 g/mol. The zero-order chi connectivity index (χ0) is 13.9. The molecule has 1 rings (SSSR count). The van der Waals surface area contributed by atoms with Crippen molar-refractivity contribution in [1.82, 2.24) is 0 Å². The zero-order valence-corrected chi connectivity index (χ0v) is 11.5. The summed E-state index contributed by atoms with van der Waals surface area (Å²) in [6, 6.07) is 3.87. The lowest BCUT2D eigenvalue weighted by atomic mass is 10.1. The molecule has 2 unspecified atom stereocenters. The number of carboxylic acid groups (broad SMARTS) is 1. The summed E-state index contributed by atoms with van der Waals surface area (Å²) in [5.74, 6) is -1.55. The molecule has 0 aliphatic heterocycles. The zero-order valence-electron chi connectivity index (χ0n) is 10.6. The third-order valence-corrected chi connectivity index (χ3v) is 4.92. The van der Waals surface area contributed by atoms with Crippen LogP contribution in [0.2, 0.25) is 0 Å². The number of halogens is 1. The molecule has 0 fully saturated rings. The van der Waals surface area contributed by atoms with Crippen LogP contribution in [0.4, 0.5) is 4.39 Å². The third-order valence-electron chi connectivity index (χ3n) is 2.93. The van der Waals surface area contributed by atoms with E-state index < -0.39 is 22.6 Å². The van der Waals surface area contributed by atoms with Crippen LogP contribution in [0.25, 0.3) is 0 Å². The molecule has 0 heterocycles. The van der Waals surface area contributed by atoms with Crippen LogP contribution in [0.3, 0.4) is 0 Å². The van der Waals surface area contributed by atoms with Gasteiger partial charge in [0, 0.05) is 21.8 Å². The number of carbonyl (C=O) groups is 1. The Labute approximate surface area is 108 Å². The Morgan fingerprint density at radius 1 is 1.39 bits per heavy atom. The second-order valence-corrected chi connectivity index (χ2v) is 6.39. The molecule has 18 heavy (non-hydrogen) atoms. The molecule has 1 aromatic carbocycles. The van der Waals surface area contributed by atoms with Gasteiger partial charge < -0.3 is 5.11 Å². The summed E-state index contributed by atoms with van der Waals surface area (Å²) in [5.41, 5.74) is 0.199. The number of aromatic carboxylic acids is 1. The molecule has 5 heteroatoms. The first-order chi connectivity index (χ1) is 8.32. The molecule has 0 aliphatic rings. The van der Waals surface area contributed by atoms with Crippen molar-refractivity contribution in [3.05, 3.63) is 35.1 Å². The van der Waals surface area contributed by atoms with Crippen molar-refractivity contribution in [1.29, 1.82) is 0 Å². The van der Waals surface area contributed by atoms with E-state index in [9.17, 15) is 13.4 Å². The highest BCUT2D eigenvalue weighted by Gasteiger charge is 2.17. The molecule has 0 radical (unpaired) electrons. The Morgan fingerprint density at radius 3 is 2.44 bits per heavy atom. The molecule has 0 saturated heterocycles. The van der Waals surface area contributed by atoms with Gasteiger partial charge in [-0.25, -0.2) is 9.18 Å². The van der Waals surface area contributed by atoms with E-state index in [1.807, 2.05) is 20.8 Å². The maximum absolute atomic E-state index is 13.4. The predicted molar refractivity (Wildman–Crippen MR) is 69.5 cm³/mol. The minimum absolute atomic E-state index is 0.0206. The normalized spacial score (nSPS) is 14.5. The van der Waals surface area contributed by atoms with Gasteiger partial charge in [0.15, 0.2) is 0 Å². The smallest absolute Gasteiger partial charge is 0.338 e. The maximum atomic E-state index is 13.4. The third kappa shape index (κ3) is 3.63. The summed E-state index contributed by atoms with van der Waals surface area (Å²) in [6.45, 7) is 5.86. The van der Waals surface area contributed by atoms with Gasteiger partial charge in [0.2, 0.25) is 0 Å². The van der Waals surface area contributed by atoms with Crippen LogP contribution in [0, 0.1) is 11.7 Å². The fourth-order valence-electron chi connectivity index (χ4n) is 1.42. The van der Waals surface area contributed by atoms with E-state index in [2.05, 4.69) is 0 Å². The average molecular weight is 272 g/mol. The van der Waals surface area contributed by atoms with Gasteiger partial charge in [-0.3, -0.25) is 4.21 Å². The van der Waals surface area contributed by atoms with Crippen molar-refractivity contribution < 1.29 is 18.5 Å². The Bertz CT molecular complexity index is 471. The van der Waals surface area contributed by atoms with Crippen LogP contribution in [-0.4, -0.2) is 20.5 Å². The fraction of sp³-hybridized carbons (Fsp3) is 0.462. The Balaban J connectivity index is 2.84. The standard InChI is InChI=1S/C13H17FO3S/c1-8(2)9(3)18(17)7-10-4-5-11(13(15)16)12(14)6-10/h4-6,8-9H,7H2,1-3H3,(H,15,16). The van der Waals surface area contributed by atoms with E-state index >= 15 is 0 Å². The highest BCUT2D eigenvalue weighted by atomic mass is 32.2. The van der Waals surface area contributed by atoms with Crippen molar-refractivity contribution in [2.24, 2.45) is 5.92 Å². The summed E-state index contributed by atoms with van der Waals surface area (Å²) in [5, 5.41) is 8.72. The second kappa shape index (κ2) is 6.09. The molecule has 1 N–H and O–H groups in total. The molecule has 0 aliphatic carbocycles. The molecule has 0 spiro atoms. The van der Waals surface area contributed by atoms with Crippen LogP contribution >= 0.6 is 0 Å². The Kier molecular flexibility index (Phi) is 5.02. The van der Waals surface area contributed by atoms with E-state index in [1.54, 1.807) is 0 Å². The monoisotopic (exact) mass is 272 g/mol. The van der Waals surface area contributed by atoms with Crippen molar-refractivity contribution in [3.8, 4) is 0 Å². The van der Waals surface area contributed by atoms with Gasteiger partial charge in [-0.15, -0.1) is 0 Å². The molecule has 2 atom stereocenters. The van der Waals surface area contributed by atoms with Gasteiger partial charge in [0.05, 0.1) is 5.56 Å². The van der Waals surface area contributed by atoms with Crippen LogP contribution in [0.1, 0.15) is 36.7 Å². The molecule has 0 saturated carbocycles. The highest BCUT2D eigenvalue weighted by Crippen LogP contribution is 2.16. The van der Waals surface area contributed by atoms with Gasteiger partial charge in [-0.05, 0) is 23.6 Å². The van der Waals surface area contributed by atoms with Crippen molar-refractivity contribution in [3.63, 3.8) is 0 Å². The topological polar surface area (TPSA) is 54.4 Å². The first kappa shape index (κ1) is 14.8. The van der Waals surface area contributed by atoms with Gasteiger partial charge >= 0.3 is 5.97 Å². The predicted octanol–water partition coefficient (Wildman–Crippen LogP) is 2.82. The number of carboxylic acids is 1. The second-order valence-electron chi connectivity index (χ2n) is 4.59. The van der Waals surface area contributed by atoms with Gasteiger partial charge in [0.25, 0.3) is 0 Å². The SMILES string of the molecule is CC(C)C(C)S(=O)Cc1ccc(C(=O)O)c(F)c1. The summed E-state index contributed by atoms with van der Waals surface area (Å²) in [4.78, 5) is 10.7. The molecule has 0 amide bonds. The van der Waals surface area contributed by atoms with E-state index in [-0.39, 0.29) is 22.5 Å². The van der Waals surface area contributed by atoms with E-state index in [1.165, 1.54) is 12.1 Å². The van der Waals surface area contributed by atoms with Crippen molar-refractivity contribution in [2.75, 3.05) is 0 Å². The van der Waals surface area contributed by atoms with Crippen LogP contribution in [-0.2, 0) is 16.6 Å². The first-order valence-electron chi connectivity index (χ1n) is 5.71. The maximum Gasteiger partial charge on any atom is 0.338 e. The summed E-state index contributed by atoms with van der Waals surface area (Å²) < 4.78 is 25.4. The molecule has 3 nitrogen and oxygen atoms in total. The number of hydrogen-bond acceptors (Lipinski definition) is 2. The van der Waals surface area contributed by atoms with Gasteiger partial charge in [0.1, 0.15) is 5.82 Å². The lowest BCUT2D eigenvalue weighted by Gasteiger charge is -2.15. The summed E-state index contributed by atoms with van der Waals surface area (Å²) in [7, 11) is -1.09. The summed E-state index contributed by atoms with van der Waals surface area (Å²) >= 11 is 0. The number of rotatable bonds is 5. The first-order valence-corrected chi connectivity index (χ1v) is 7.10. The fourth-order valence-corrected chi connectivity index (χ4v) is 2.80. The lowest BCUT2D eigenvalue weighted by molar-refractivity contribution is 0.0692. The van der Waals surface area contributed by atoms with Crippen LogP contribution in [0.5, 0.6) is 0 Å². The van der Waals surface area contributed by atoms with Gasteiger partial charge in [-0.1, -0.05) is 26.8 Å². The average Bonchev–Trinajstić information content (AvgIpc) is 2.27. The quantitative estimate of drug-likeness (QED) is 0.896. The van der Waals surface area contributed by atoms with E-state index in [0.29, 0.717) is 5.56 Å². The minimum Gasteiger partial charge on any atom is -0.478 e. The Morgan fingerprint density at radius 2 is 2.00 bits per heavy atom. The van der Waals surface area contributed by atoms with E-state index in [4.69, 9.17) is 5.11 Å². The van der Waals surface area contributed by atoms with Crippen LogP contribution in [0.15, 0.2) is 18.2 Å². The summed E-state index contributed by atoms with van der Waals surface area (Å²) in [6.07, 6.45) is 0.